The highest BCUT2D eigenvalue weighted by molar-refractivity contribution is 5.93. The van der Waals surface area contributed by atoms with E-state index in [0.717, 1.165) is 30.8 Å². The average Bonchev–Trinajstić information content (AvgIpc) is 3.17. The van der Waals surface area contributed by atoms with Gasteiger partial charge in [0, 0.05) is 30.5 Å². The van der Waals surface area contributed by atoms with E-state index in [2.05, 4.69) is 25.8 Å². The number of fused-ring (bicyclic) bond motifs is 1. The fraction of sp³-hybridized carbons (Fsp3) is 0.250. The van der Waals surface area contributed by atoms with Crippen LogP contribution in [0.15, 0.2) is 36.5 Å². The van der Waals surface area contributed by atoms with Gasteiger partial charge in [-0.15, -0.1) is 0 Å². The highest BCUT2D eigenvalue weighted by Gasteiger charge is 2.18. The Morgan fingerprint density at radius 3 is 3.04 bits per heavy atom. The van der Waals surface area contributed by atoms with E-state index in [4.69, 9.17) is 0 Å². The molecular formula is C20H20FN5O. The summed E-state index contributed by atoms with van der Waals surface area (Å²) in [6.45, 7) is 4.07. The summed E-state index contributed by atoms with van der Waals surface area (Å²) in [5.74, 6) is -0.654. The number of carbonyl (C=O) groups is 1. The van der Waals surface area contributed by atoms with Crippen LogP contribution in [0.1, 0.15) is 32.9 Å². The molecule has 1 amide bonds. The van der Waals surface area contributed by atoms with Gasteiger partial charge in [0.25, 0.3) is 5.91 Å². The van der Waals surface area contributed by atoms with Crippen LogP contribution in [0.3, 0.4) is 0 Å². The van der Waals surface area contributed by atoms with Gasteiger partial charge in [0.15, 0.2) is 0 Å². The standard InChI is InChI=1S/C20H20FN5O/c1-12-16(14-6-7-22-9-13(14)10-23-12)11-24-20(27)19-8-18(25-26-19)15-4-2-3-5-17(15)21/h2-5,8,10,22H,6-7,9,11H2,1H3,(H,24,27)(H,25,26). The van der Waals surface area contributed by atoms with Crippen molar-refractivity contribution in [1.82, 2.24) is 25.8 Å². The number of rotatable bonds is 4. The Balaban J connectivity index is 1.51. The lowest BCUT2D eigenvalue weighted by Crippen LogP contribution is -2.29. The van der Waals surface area contributed by atoms with Crippen molar-refractivity contribution in [2.24, 2.45) is 0 Å². The molecule has 1 aromatic carbocycles. The van der Waals surface area contributed by atoms with Crippen molar-refractivity contribution >= 4 is 5.91 Å². The maximum atomic E-state index is 13.9. The van der Waals surface area contributed by atoms with E-state index < -0.39 is 0 Å². The third-order valence-electron chi connectivity index (χ3n) is 4.87. The molecule has 7 heteroatoms. The molecule has 0 saturated carbocycles. The van der Waals surface area contributed by atoms with Gasteiger partial charge in [-0.1, -0.05) is 12.1 Å². The van der Waals surface area contributed by atoms with E-state index in [1.54, 1.807) is 24.3 Å². The van der Waals surface area contributed by atoms with E-state index in [1.165, 1.54) is 17.2 Å². The Labute approximate surface area is 156 Å². The number of H-pyrrole nitrogens is 1. The SMILES string of the molecule is Cc1ncc2c(c1CNC(=O)c1cc(-c3ccccc3F)n[nH]1)CCNC2. The first-order valence-corrected chi connectivity index (χ1v) is 8.89. The third kappa shape index (κ3) is 3.46. The number of nitrogens with zero attached hydrogens (tertiary/aromatic N) is 2. The van der Waals surface area contributed by atoms with Crippen LogP contribution in [0, 0.1) is 12.7 Å². The largest absolute Gasteiger partial charge is 0.347 e. The normalized spacial score (nSPS) is 13.3. The van der Waals surface area contributed by atoms with Crippen molar-refractivity contribution in [2.45, 2.75) is 26.4 Å². The second kappa shape index (κ2) is 7.28. The molecule has 0 radical (unpaired) electrons. The Bertz CT molecular complexity index is 998. The van der Waals surface area contributed by atoms with E-state index in [1.807, 2.05) is 13.1 Å². The van der Waals surface area contributed by atoms with Gasteiger partial charge >= 0.3 is 0 Å². The number of benzene rings is 1. The number of carbonyl (C=O) groups excluding carboxylic acids is 1. The van der Waals surface area contributed by atoms with Crippen molar-refractivity contribution in [3.05, 3.63) is 70.4 Å². The van der Waals surface area contributed by atoms with Gasteiger partial charge in [-0.05, 0) is 54.8 Å². The van der Waals surface area contributed by atoms with Gasteiger partial charge in [0.1, 0.15) is 11.5 Å². The molecule has 3 aromatic rings. The van der Waals surface area contributed by atoms with Crippen molar-refractivity contribution < 1.29 is 9.18 Å². The number of pyridine rings is 1. The van der Waals surface area contributed by atoms with E-state index >= 15 is 0 Å². The summed E-state index contributed by atoms with van der Waals surface area (Å²) in [4.78, 5) is 17.0. The first-order chi connectivity index (χ1) is 13.1. The minimum Gasteiger partial charge on any atom is -0.347 e. The molecule has 138 valence electrons. The molecule has 1 aliphatic heterocycles. The maximum absolute atomic E-state index is 13.9. The fourth-order valence-electron chi connectivity index (χ4n) is 3.39. The minimum atomic E-state index is -0.373. The molecule has 0 aliphatic carbocycles. The summed E-state index contributed by atoms with van der Waals surface area (Å²) < 4.78 is 13.9. The average molecular weight is 365 g/mol. The van der Waals surface area contributed by atoms with E-state index in [-0.39, 0.29) is 11.7 Å². The van der Waals surface area contributed by atoms with Gasteiger partial charge < -0.3 is 10.6 Å². The van der Waals surface area contributed by atoms with Crippen LogP contribution in [-0.2, 0) is 19.5 Å². The number of nitrogens with one attached hydrogen (secondary N) is 3. The zero-order valence-electron chi connectivity index (χ0n) is 15.0. The van der Waals surface area contributed by atoms with Crippen LogP contribution in [0.2, 0.25) is 0 Å². The Hall–Kier alpha value is -3.06. The summed E-state index contributed by atoms with van der Waals surface area (Å²) in [6, 6.07) is 7.91. The highest BCUT2D eigenvalue weighted by Crippen LogP contribution is 2.22. The summed E-state index contributed by atoms with van der Waals surface area (Å²) in [7, 11) is 0. The first kappa shape index (κ1) is 17.4. The van der Waals surface area contributed by atoms with Crippen LogP contribution in [-0.4, -0.2) is 27.6 Å². The second-order valence-corrected chi connectivity index (χ2v) is 6.58. The predicted octanol–water partition coefficient (Wildman–Crippen LogP) is 2.49. The van der Waals surface area contributed by atoms with Crippen molar-refractivity contribution in [3.63, 3.8) is 0 Å². The molecule has 0 saturated heterocycles. The molecule has 0 unspecified atom stereocenters. The Morgan fingerprint density at radius 2 is 2.19 bits per heavy atom. The number of aryl methyl sites for hydroxylation is 1. The lowest BCUT2D eigenvalue weighted by Gasteiger charge is -2.21. The molecule has 0 atom stereocenters. The molecule has 0 bridgehead atoms. The number of hydrogen-bond donors (Lipinski definition) is 3. The number of hydrogen-bond acceptors (Lipinski definition) is 4. The minimum absolute atomic E-state index is 0.281. The Kier molecular flexibility index (Phi) is 4.68. The van der Waals surface area contributed by atoms with Crippen molar-refractivity contribution in [3.8, 4) is 11.3 Å². The summed E-state index contributed by atoms with van der Waals surface area (Å²) in [5.41, 5.74) is 5.49. The zero-order valence-corrected chi connectivity index (χ0v) is 15.0. The van der Waals surface area contributed by atoms with Crippen molar-refractivity contribution in [2.75, 3.05) is 6.54 Å². The number of halogens is 1. The third-order valence-corrected chi connectivity index (χ3v) is 4.87. The van der Waals surface area contributed by atoms with E-state index in [0.29, 0.717) is 23.5 Å². The molecule has 1 aliphatic rings. The van der Waals surface area contributed by atoms with Crippen LogP contribution in [0.4, 0.5) is 4.39 Å². The summed E-state index contributed by atoms with van der Waals surface area (Å²) >= 11 is 0. The molecular weight excluding hydrogens is 345 g/mol. The van der Waals surface area contributed by atoms with Gasteiger partial charge in [0.05, 0.1) is 5.69 Å². The first-order valence-electron chi connectivity index (χ1n) is 8.89. The molecule has 2 aromatic heterocycles. The molecule has 3 heterocycles. The number of aromatic nitrogens is 3. The van der Waals surface area contributed by atoms with Crippen LogP contribution < -0.4 is 10.6 Å². The zero-order chi connectivity index (χ0) is 18.8. The smallest absolute Gasteiger partial charge is 0.269 e. The lowest BCUT2D eigenvalue weighted by molar-refractivity contribution is 0.0945. The van der Waals surface area contributed by atoms with Crippen LogP contribution in [0.25, 0.3) is 11.3 Å². The molecule has 4 rings (SSSR count). The second-order valence-electron chi connectivity index (χ2n) is 6.58. The van der Waals surface area contributed by atoms with Gasteiger partial charge in [-0.3, -0.25) is 14.9 Å². The fourth-order valence-corrected chi connectivity index (χ4v) is 3.39. The summed E-state index contributed by atoms with van der Waals surface area (Å²) in [6.07, 6.45) is 2.82. The van der Waals surface area contributed by atoms with Gasteiger partial charge in [0.2, 0.25) is 0 Å². The van der Waals surface area contributed by atoms with E-state index in [9.17, 15) is 9.18 Å². The lowest BCUT2D eigenvalue weighted by atomic mass is 9.96. The number of amides is 1. The molecule has 27 heavy (non-hydrogen) atoms. The van der Waals surface area contributed by atoms with Crippen LogP contribution >= 0.6 is 0 Å². The molecule has 0 spiro atoms. The monoisotopic (exact) mass is 365 g/mol. The molecule has 3 N–H and O–H groups in total. The van der Waals surface area contributed by atoms with Crippen LogP contribution in [0.5, 0.6) is 0 Å². The predicted molar refractivity (Wildman–Crippen MR) is 99.5 cm³/mol. The topological polar surface area (TPSA) is 82.7 Å². The molecule has 0 fully saturated rings. The highest BCUT2D eigenvalue weighted by atomic mass is 19.1. The van der Waals surface area contributed by atoms with Crippen molar-refractivity contribution in [1.29, 1.82) is 0 Å². The van der Waals surface area contributed by atoms with Gasteiger partial charge in [-0.2, -0.15) is 5.10 Å². The maximum Gasteiger partial charge on any atom is 0.269 e. The summed E-state index contributed by atoms with van der Waals surface area (Å²) in [5, 5.41) is 13.0. The molecule has 6 nitrogen and oxygen atoms in total. The van der Waals surface area contributed by atoms with Gasteiger partial charge in [-0.25, -0.2) is 4.39 Å². The Morgan fingerprint density at radius 1 is 1.33 bits per heavy atom. The quantitative estimate of drug-likeness (QED) is 0.663. The number of aromatic amines is 1.